The molecule has 0 saturated carbocycles. The SMILES string of the molecule is CCC(NCC1CSCCS1)c1ccc(Cl)cc1Cl. The Morgan fingerprint density at radius 1 is 1.37 bits per heavy atom. The highest BCUT2D eigenvalue weighted by Gasteiger charge is 2.18. The van der Waals surface area contributed by atoms with Gasteiger partial charge in [-0.25, -0.2) is 0 Å². The highest BCUT2D eigenvalue weighted by atomic mass is 35.5. The summed E-state index contributed by atoms with van der Waals surface area (Å²) in [6.45, 7) is 3.24. The minimum atomic E-state index is 0.317. The summed E-state index contributed by atoms with van der Waals surface area (Å²) in [6.07, 6.45) is 1.03. The van der Waals surface area contributed by atoms with Crippen LogP contribution in [-0.2, 0) is 0 Å². The van der Waals surface area contributed by atoms with Crippen molar-refractivity contribution in [1.29, 1.82) is 0 Å². The lowest BCUT2D eigenvalue weighted by molar-refractivity contribution is 0.523. The van der Waals surface area contributed by atoms with E-state index in [0.29, 0.717) is 11.1 Å². The normalized spacial score (nSPS) is 21.3. The molecule has 0 aromatic heterocycles. The molecule has 19 heavy (non-hydrogen) atoms. The van der Waals surface area contributed by atoms with Gasteiger partial charge in [0.05, 0.1) is 0 Å². The molecule has 0 spiro atoms. The van der Waals surface area contributed by atoms with E-state index in [9.17, 15) is 0 Å². The third-order valence-electron chi connectivity index (χ3n) is 3.22. The molecule has 1 fully saturated rings. The number of rotatable bonds is 5. The molecule has 2 unspecified atom stereocenters. The van der Waals surface area contributed by atoms with Crippen LogP contribution in [0, 0.1) is 0 Å². The van der Waals surface area contributed by atoms with E-state index >= 15 is 0 Å². The van der Waals surface area contributed by atoms with Gasteiger partial charge in [-0.15, -0.1) is 0 Å². The van der Waals surface area contributed by atoms with Crippen molar-refractivity contribution >= 4 is 46.7 Å². The Kier molecular flexibility index (Phi) is 6.70. The molecule has 2 atom stereocenters. The van der Waals surface area contributed by atoms with Crippen LogP contribution in [-0.4, -0.2) is 29.1 Å². The number of hydrogen-bond donors (Lipinski definition) is 1. The zero-order valence-corrected chi connectivity index (χ0v) is 14.1. The maximum absolute atomic E-state index is 6.29. The van der Waals surface area contributed by atoms with Crippen LogP contribution in [0.25, 0.3) is 0 Å². The molecule has 5 heteroatoms. The molecule has 1 aromatic rings. The predicted molar refractivity (Wildman–Crippen MR) is 91.1 cm³/mol. The van der Waals surface area contributed by atoms with Crippen molar-refractivity contribution in [2.45, 2.75) is 24.6 Å². The van der Waals surface area contributed by atoms with Gasteiger partial charge in [0.1, 0.15) is 0 Å². The Morgan fingerprint density at radius 2 is 2.21 bits per heavy atom. The van der Waals surface area contributed by atoms with E-state index in [1.54, 1.807) is 0 Å². The molecule has 1 aromatic carbocycles. The molecule has 106 valence electrons. The van der Waals surface area contributed by atoms with Gasteiger partial charge in [-0.05, 0) is 24.1 Å². The molecule has 2 rings (SSSR count). The Bertz CT molecular complexity index is 408. The average molecular weight is 336 g/mol. The molecule has 0 amide bonds. The first-order valence-corrected chi connectivity index (χ1v) is 9.54. The van der Waals surface area contributed by atoms with Crippen molar-refractivity contribution in [2.24, 2.45) is 0 Å². The molecular weight excluding hydrogens is 317 g/mol. The first-order valence-electron chi connectivity index (χ1n) is 6.58. The Labute approximate surface area is 134 Å². The van der Waals surface area contributed by atoms with E-state index in [-0.39, 0.29) is 0 Å². The van der Waals surface area contributed by atoms with Crippen LogP contribution in [0.4, 0.5) is 0 Å². The maximum atomic E-state index is 6.29. The van der Waals surface area contributed by atoms with Gasteiger partial charge in [-0.1, -0.05) is 36.2 Å². The summed E-state index contributed by atoms with van der Waals surface area (Å²) in [7, 11) is 0. The molecule has 1 aliphatic heterocycles. The molecule has 0 aliphatic carbocycles. The zero-order chi connectivity index (χ0) is 13.7. The van der Waals surface area contributed by atoms with Gasteiger partial charge in [0, 0.05) is 45.1 Å². The zero-order valence-electron chi connectivity index (χ0n) is 11.0. The van der Waals surface area contributed by atoms with Gasteiger partial charge in [-0.3, -0.25) is 0 Å². The van der Waals surface area contributed by atoms with Gasteiger partial charge in [-0.2, -0.15) is 23.5 Å². The van der Waals surface area contributed by atoms with Crippen molar-refractivity contribution in [3.63, 3.8) is 0 Å². The van der Waals surface area contributed by atoms with Gasteiger partial charge >= 0.3 is 0 Å². The van der Waals surface area contributed by atoms with Crippen LogP contribution in [0.5, 0.6) is 0 Å². The second kappa shape index (κ2) is 8.04. The van der Waals surface area contributed by atoms with Crippen LogP contribution in [0.3, 0.4) is 0 Å². The number of halogens is 2. The van der Waals surface area contributed by atoms with Crippen LogP contribution < -0.4 is 5.32 Å². The lowest BCUT2D eigenvalue weighted by atomic mass is 10.0. The topological polar surface area (TPSA) is 12.0 Å². The summed E-state index contributed by atoms with van der Waals surface area (Å²) in [5.74, 6) is 3.82. The number of hydrogen-bond acceptors (Lipinski definition) is 3. The third kappa shape index (κ3) is 4.75. The average Bonchev–Trinajstić information content (AvgIpc) is 2.42. The summed E-state index contributed by atoms with van der Waals surface area (Å²) in [4.78, 5) is 0. The van der Waals surface area contributed by atoms with Crippen molar-refractivity contribution in [2.75, 3.05) is 23.8 Å². The lowest BCUT2D eigenvalue weighted by Crippen LogP contribution is -2.31. The Balaban J connectivity index is 1.95. The van der Waals surface area contributed by atoms with E-state index in [2.05, 4.69) is 35.8 Å². The minimum absolute atomic E-state index is 0.317. The molecule has 0 bridgehead atoms. The van der Waals surface area contributed by atoms with E-state index < -0.39 is 0 Å². The number of nitrogens with one attached hydrogen (secondary N) is 1. The summed E-state index contributed by atoms with van der Waals surface area (Å²) in [5, 5.41) is 5.83. The van der Waals surface area contributed by atoms with E-state index in [1.807, 2.05) is 18.2 Å². The second-order valence-corrected chi connectivity index (χ2v) is 8.00. The maximum Gasteiger partial charge on any atom is 0.0468 e. The van der Waals surface area contributed by atoms with Gasteiger partial charge < -0.3 is 5.32 Å². The van der Waals surface area contributed by atoms with Crippen molar-refractivity contribution < 1.29 is 0 Å². The van der Waals surface area contributed by atoms with Crippen LogP contribution in [0.2, 0.25) is 10.0 Å². The largest absolute Gasteiger partial charge is 0.309 e. The standard InChI is InChI=1S/C14H19Cl2NS2/c1-2-14(12-4-3-10(15)7-13(12)16)17-8-11-9-18-5-6-19-11/h3-4,7,11,14,17H,2,5-6,8-9H2,1H3. The van der Waals surface area contributed by atoms with E-state index in [1.165, 1.54) is 17.3 Å². The van der Waals surface area contributed by atoms with Crippen molar-refractivity contribution in [1.82, 2.24) is 5.32 Å². The van der Waals surface area contributed by atoms with Crippen LogP contribution in [0.1, 0.15) is 24.9 Å². The van der Waals surface area contributed by atoms with E-state index in [0.717, 1.165) is 28.8 Å². The predicted octanol–water partition coefficient (Wildman–Crippen LogP) is 4.88. The van der Waals surface area contributed by atoms with Gasteiger partial charge in [0.25, 0.3) is 0 Å². The molecule has 1 saturated heterocycles. The summed E-state index contributed by atoms with van der Waals surface area (Å²) in [5.41, 5.74) is 1.15. The number of benzene rings is 1. The monoisotopic (exact) mass is 335 g/mol. The fourth-order valence-corrected chi connectivity index (χ4v) is 5.35. The Morgan fingerprint density at radius 3 is 2.84 bits per heavy atom. The van der Waals surface area contributed by atoms with Crippen molar-refractivity contribution in [3.8, 4) is 0 Å². The summed E-state index contributed by atoms with van der Waals surface area (Å²) >= 11 is 16.4. The quantitative estimate of drug-likeness (QED) is 0.823. The summed E-state index contributed by atoms with van der Waals surface area (Å²) < 4.78 is 0. The fourth-order valence-electron chi connectivity index (χ4n) is 2.19. The minimum Gasteiger partial charge on any atom is -0.309 e. The first kappa shape index (κ1) is 15.8. The second-order valence-electron chi connectivity index (χ2n) is 4.60. The third-order valence-corrected chi connectivity index (χ3v) is 6.63. The first-order chi connectivity index (χ1) is 9.20. The molecule has 1 heterocycles. The molecule has 1 aliphatic rings. The van der Waals surface area contributed by atoms with Crippen LogP contribution in [0.15, 0.2) is 18.2 Å². The van der Waals surface area contributed by atoms with Crippen molar-refractivity contribution in [3.05, 3.63) is 33.8 Å². The highest BCUT2D eigenvalue weighted by molar-refractivity contribution is 8.06. The molecule has 0 radical (unpaired) electrons. The molecule has 1 N–H and O–H groups in total. The fraction of sp³-hybridized carbons (Fsp3) is 0.571. The Hall–Kier alpha value is 0.460. The van der Waals surface area contributed by atoms with Gasteiger partial charge in [0.15, 0.2) is 0 Å². The summed E-state index contributed by atoms with van der Waals surface area (Å²) in [6, 6.07) is 6.10. The lowest BCUT2D eigenvalue weighted by Gasteiger charge is -2.25. The number of thioether (sulfide) groups is 2. The molecular formula is C14H19Cl2NS2. The van der Waals surface area contributed by atoms with Gasteiger partial charge in [0.2, 0.25) is 0 Å². The molecule has 1 nitrogen and oxygen atoms in total. The van der Waals surface area contributed by atoms with E-state index in [4.69, 9.17) is 23.2 Å². The highest BCUT2D eigenvalue weighted by Crippen LogP contribution is 2.29. The smallest absolute Gasteiger partial charge is 0.0468 e. The van der Waals surface area contributed by atoms with Crippen LogP contribution >= 0.6 is 46.7 Å².